The standard InChI is InChI=1S/C21H37NO3.Na/c1-3-4-5-6-7-8-9-10-11-12-13-14-15-16-17-18-20(23)22(2)19-21(24)25;/h7-8,10-11H,3-6,9,12-19H2,1-2H3,(H,24,25);/q;+1/p-1/b8-7-,11-10-;. The number of aliphatic carboxylic acids is 1. The van der Waals surface area contributed by atoms with Crippen molar-refractivity contribution in [2.24, 2.45) is 0 Å². The van der Waals surface area contributed by atoms with Crippen molar-refractivity contribution in [1.82, 2.24) is 4.90 Å². The molecule has 144 valence electrons. The summed E-state index contributed by atoms with van der Waals surface area (Å²) >= 11 is 0. The molecule has 1 amide bonds. The largest absolute Gasteiger partial charge is 1.00 e. The average molecular weight is 374 g/mol. The molecule has 0 spiro atoms. The van der Waals surface area contributed by atoms with E-state index in [4.69, 9.17) is 0 Å². The second-order valence-corrected chi connectivity index (χ2v) is 6.60. The van der Waals surface area contributed by atoms with Crippen LogP contribution in [0.1, 0.15) is 84.0 Å². The number of allylic oxidation sites excluding steroid dienone is 4. The third-order valence-electron chi connectivity index (χ3n) is 4.13. The Morgan fingerprint density at radius 3 is 1.96 bits per heavy atom. The van der Waals surface area contributed by atoms with Gasteiger partial charge in [-0.3, -0.25) is 4.79 Å². The molecular formula is C21H36NNaO3. The third-order valence-corrected chi connectivity index (χ3v) is 4.13. The van der Waals surface area contributed by atoms with Crippen molar-refractivity contribution in [3.63, 3.8) is 0 Å². The van der Waals surface area contributed by atoms with Gasteiger partial charge < -0.3 is 14.8 Å². The first-order valence-corrected chi connectivity index (χ1v) is 9.81. The fourth-order valence-electron chi connectivity index (χ4n) is 2.56. The van der Waals surface area contributed by atoms with E-state index >= 15 is 0 Å². The Balaban J connectivity index is 0. The van der Waals surface area contributed by atoms with Gasteiger partial charge in [-0.15, -0.1) is 0 Å². The van der Waals surface area contributed by atoms with E-state index < -0.39 is 5.97 Å². The van der Waals surface area contributed by atoms with Gasteiger partial charge in [0.25, 0.3) is 0 Å². The number of carboxylic acids is 1. The van der Waals surface area contributed by atoms with Crippen LogP contribution in [0.3, 0.4) is 0 Å². The van der Waals surface area contributed by atoms with Gasteiger partial charge in [-0.1, -0.05) is 63.3 Å². The first-order valence-electron chi connectivity index (χ1n) is 9.81. The van der Waals surface area contributed by atoms with Crippen LogP contribution < -0.4 is 34.7 Å². The van der Waals surface area contributed by atoms with Crippen molar-refractivity contribution in [3.8, 4) is 0 Å². The number of hydrogen-bond acceptors (Lipinski definition) is 3. The quantitative estimate of drug-likeness (QED) is 0.230. The van der Waals surface area contributed by atoms with Gasteiger partial charge in [0.1, 0.15) is 0 Å². The summed E-state index contributed by atoms with van der Waals surface area (Å²) in [7, 11) is 1.50. The van der Waals surface area contributed by atoms with Gasteiger partial charge in [-0.2, -0.15) is 0 Å². The molecule has 0 aromatic rings. The summed E-state index contributed by atoms with van der Waals surface area (Å²) in [5.74, 6) is -1.33. The molecule has 0 bridgehead atoms. The van der Waals surface area contributed by atoms with Gasteiger partial charge in [0, 0.05) is 13.5 Å². The molecule has 0 radical (unpaired) electrons. The van der Waals surface area contributed by atoms with E-state index in [1.165, 1.54) is 50.5 Å². The van der Waals surface area contributed by atoms with Crippen molar-refractivity contribution in [3.05, 3.63) is 24.3 Å². The zero-order valence-corrected chi connectivity index (χ0v) is 19.2. The molecule has 0 aliphatic carbocycles. The molecule has 0 aliphatic rings. The van der Waals surface area contributed by atoms with E-state index in [9.17, 15) is 14.7 Å². The Morgan fingerprint density at radius 2 is 1.38 bits per heavy atom. The fourth-order valence-corrected chi connectivity index (χ4v) is 2.56. The van der Waals surface area contributed by atoms with Crippen LogP contribution in [0.15, 0.2) is 24.3 Å². The van der Waals surface area contributed by atoms with Gasteiger partial charge in [-0.05, 0) is 38.5 Å². The van der Waals surface area contributed by atoms with Crippen LogP contribution in [0.4, 0.5) is 0 Å². The van der Waals surface area contributed by atoms with Crippen LogP contribution in [0, 0.1) is 0 Å². The van der Waals surface area contributed by atoms with Gasteiger partial charge in [0.2, 0.25) is 5.91 Å². The molecule has 0 atom stereocenters. The van der Waals surface area contributed by atoms with Crippen LogP contribution >= 0.6 is 0 Å². The molecule has 0 saturated carbocycles. The Labute approximate surface area is 182 Å². The Bertz CT molecular complexity index is 408. The van der Waals surface area contributed by atoms with E-state index in [0.29, 0.717) is 6.42 Å². The number of unbranched alkanes of at least 4 members (excludes halogenated alkanes) is 8. The number of hydrogen-bond donors (Lipinski definition) is 0. The van der Waals surface area contributed by atoms with Crippen molar-refractivity contribution < 1.29 is 44.3 Å². The predicted molar refractivity (Wildman–Crippen MR) is 102 cm³/mol. The molecule has 0 saturated heterocycles. The van der Waals surface area contributed by atoms with E-state index in [0.717, 1.165) is 32.1 Å². The summed E-state index contributed by atoms with van der Waals surface area (Å²) in [6, 6.07) is 0. The van der Waals surface area contributed by atoms with Crippen molar-refractivity contribution in [2.75, 3.05) is 13.6 Å². The Morgan fingerprint density at radius 1 is 0.846 bits per heavy atom. The number of nitrogens with zero attached hydrogens (tertiary/aromatic N) is 1. The van der Waals surface area contributed by atoms with Crippen LogP contribution in [0.25, 0.3) is 0 Å². The molecule has 0 aromatic carbocycles. The summed E-state index contributed by atoms with van der Waals surface area (Å²) < 4.78 is 0. The maximum absolute atomic E-state index is 11.6. The molecule has 0 heterocycles. The first kappa shape index (κ1) is 27.6. The third kappa shape index (κ3) is 19.7. The topological polar surface area (TPSA) is 60.4 Å². The summed E-state index contributed by atoms with van der Waals surface area (Å²) in [4.78, 5) is 23.3. The number of carbonyl (C=O) groups is 2. The molecule has 0 N–H and O–H groups in total. The second kappa shape index (κ2) is 20.7. The van der Waals surface area contributed by atoms with Crippen molar-refractivity contribution in [2.45, 2.75) is 84.0 Å². The van der Waals surface area contributed by atoms with E-state index in [-0.39, 0.29) is 42.0 Å². The van der Waals surface area contributed by atoms with Crippen LogP contribution in [0.2, 0.25) is 0 Å². The number of likely N-dealkylation sites (N-methyl/N-ethyl adjacent to an activating group) is 1. The average Bonchev–Trinajstić information content (AvgIpc) is 2.57. The minimum absolute atomic E-state index is 0. The molecule has 5 heteroatoms. The molecule has 0 unspecified atom stereocenters. The summed E-state index contributed by atoms with van der Waals surface area (Å²) in [5, 5.41) is 10.4. The Kier molecular flexibility index (Phi) is 22.0. The van der Waals surface area contributed by atoms with Gasteiger partial charge in [0.15, 0.2) is 0 Å². The first-order chi connectivity index (χ1) is 12.1. The van der Waals surface area contributed by atoms with E-state index in [1.807, 2.05) is 0 Å². The van der Waals surface area contributed by atoms with Crippen LogP contribution in [-0.4, -0.2) is 30.4 Å². The van der Waals surface area contributed by atoms with Crippen LogP contribution in [-0.2, 0) is 9.59 Å². The van der Waals surface area contributed by atoms with Gasteiger partial charge in [0.05, 0.1) is 12.5 Å². The van der Waals surface area contributed by atoms with E-state index in [2.05, 4.69) is 31.2 Å². The molecule has 0 aromatic heterocycles. The minimum Gasteiger partial charge on any atom is -0.548 e. The molecular weight excluding hydrogens is 337 g/mol. The number of carboxylic acid groups (broad SMARTS) is 1. The predicted octanol–water partition coefficient (Wildman–Crippen LogP) is 1.01. The van der Waals surface area contributed by atoms with Crippen molar-refractivity contribution >= 4 is 11.9 Å². The Hall–Kier alpha value is -0.580. The maximum Gasteiger partial charge on any atom is 1.00 e. The molecule has 0 aliphatic heterocycles. The normalized spacial score (nSPS) is 11.0. The number of amides is 1. The van der Waals surface area contributed by atoms with Crippen LogP contribution in [0.5, 0.6) is 0 Å². The SMILES string of the molecule is CCCCC/C=C\C/C=C\CCCCCCCC(=O)N(C)CC(=O)[O-].[Na+]. The summed E-state index contributed by atoms with van der Waals surface area (Å²) in [6.07, 6.45) is 22.1. The maximum atomic E-state index is 11.6. The van der Waals surface area contributed by atoms with Crippen molar-refractivity contribution in [1.29, 1.82) is 0 Å². The molecule has 4 nitrogen and oxygen atoms in total. The van der Waals surface area contributed by atoms with E-state index in [1.54, 1.807) is 0 Å². The fraction of sp³-hybridized carbons (Fsp3) is 0.714. The van der Waals surface area contributed by atoms with Gasteiger partial charge in [-0.25, -0.2) is 0 Å². The molecule has 0 fully saturated rings. The number of carbonyl (C=O) groups excluding carboxylic acids is 2. The zero-order chi connectivity index (χ0) is 18.8. The molecule has 26 heavy (non-hydrogen) atoms. The zero-order valence-electron chi connectivity index (χ0n) is 17.2. The molecule has 0 rings (SSSR count). The summed E-state index contributed by atoms with van der Waals surface area (Å²) in [5.41, 5.74) is 0. The smallest absolute Gasteiger partial charge is 0.548 e. The number of rotatable bonds is 16. The summed E-state index contributed by atoms with van der Waals surface area (Å²) in [6.45, 7) is 1.91. The minimum atomic E-state index is -1.21. The van der Waals surface area contributed by atoms with Gasteiger partial charge >= 0.3 is 29.6 Å². The second-order valence-electron chi connectivity index (χ2n) is 6.60. The monoisotopic (exact) mass is 373 g/mol.